The van der Waals surface area contributed by atoms with Crippen LogP contribution < -0.4 is 0 Å². The number of benzene rings is 1. The molecule has 0 N–H and O–H groups in total. The van der Waals surface area contributed by atoms with Crippen LogP contribution in [0.25, 0.3) is 22.4 Å². The number of aromatic nitrogens is 8. The molecule has 1 aliphatic heterocycles. The molecule has 180 valence electrons. The van der Waals surface area contributed by atoms with Crippen LogP contribution >= 0.6 is 0 Å². The van der Waals surface area contributed by atoms with Crippen LogP contribution in [0.3, 0.4) is 0 Å². The summed E-state index contributed by atoms with van der Waals surface area (Å²) in [5.74, 6) is 0.506. The molecule has 0 spiro atoms. The molecule has 0 aliphatic carbocycles. The minimum atomic E-state index is -3.65. The molecule has 35 heavy (non-hydrogen) atoms. The zero-order chi connectivity index (χ0) is 24.2. The lowest BCUT2D eigenvalue weighted by Crippen LogP contribution is -2.39. The van der Waals surface area contributed by atoms with Gasteiger partial charge in [-0.05, 0) is 38.8 Å². The summed E-state index contributed by atoms with van der Waals surface area (Å²) < 4.78 is 33.4. The number of aryl methyl sites for hydroxylation is 2. The molecular formula is C23H25N9O2S. The van der Waals surface area contributed by atoms with Crippen LogP contribution in [0.15, 0.2) is 53.9 Å². The van der Waals surface area contributed by atoms with Crippen LogP contribution in [0, 0.1) is 6.92 Å². The Balaban J connectivity index is 1.33. The van der Waals surface area contributed by atoms with Gasteiger partial charge in [0.25, 0.3) is 0 Å². The van der Waals surface area contributed by atoms with Crippen molar-refractivity contribution in [3.05, 3.63) is 60.6 Å². The van der Waals surface area contributed by atoms with Crippen LogP contribution in [-0.2, 0) is 16.6 Å². The van der Waals surface area contributed by atoms with Crippen LogP contribution in [0.4, 0.5) is 0 Å². The summed E-state index contributed by atoms with van der Waals surface area (Å²) in [4.78, 5) is 9.65. The molecule has 11 nitrogen and oxygen atoms in total. The highest BCUT2D eigenvalue weighted by Gasteiger charge is 2.34. The van der Waals surface area contributed by atoms with E-state index >= 15 is 0 Å². The second-order valence-corrected chi connectivity index (χ2v) is 10.7. The molecular weight excluding hydrogens is 466 g/mol. The topological polar surface area (TPSA) is 116 Å². The third kappa shape index (κ3) is 3.60. The van der Waals surface area contributed by atoms with E-state index in [9.17, 15) is 8.42 Å². The van der Waals surface area contributed by atoms with E-state index in [1.165, 1.54) is 4.31 Å². The average Bonchev–Trinajstić information content (AvgIpc) is 3.60. The molecule has 0 bridgehead atoms. The first-order valence-corrected chi connectivity index (χ1v) is 13.1. The molecule has 5 heterocycles. The summed E-state index contributed by atoms with van der Waals surface area (Å²) in [7, 11) is -3.65. The highest BCUT2D eigenvalue weighted by Crippen LogP contribution is 2.30. The molecule has 6 rings (SSSR count). The fourth-order valence-electron chi connectivity index (χ4n) is 4.69. The van der Waals surface area contributed by atoms with E-state index in [4.69, 9.17) is 4.98 Å². The minimum Gasteiger partial charge on any atom is -0.271 e. The van der Waals surface area contributed by atoms with Crippen LogP contribution in [0.1, 0.15) is 37.2 Å². The van der Waals surface area contributed by atoms with Gasteiger partial charge in [-0.1, -0.05) is 18.2 Å². The maximum atomic E-state index is 13.4. The van der Waals surface area contributed by atoms with Gasteiger partial charge in [-0.25, -0.2) is 27.6 Å². The average molecular weight is 492 g/mol. The molecule has 4 aromatic heterocycles. The first kappa shape index (κ1) is 21.9. The molecule has 0 saturated carbocycles. The van der Waals surface area contributed by atoms with E-state index in [1.807, 2.05) is 37.3 Å². The van der Waals surface area contributed by atoms with E-state index in [0.29, 0.717) is 42.4 Å². The molecule has 1 fully saturated rings. The van der Waals surface area contributed by atoms with Crippen molar-refractivity contribution >= 4 is 26.7 Å². The quantitative estimate of drug-likeness (QED) is 0.371. The lowest BCUT2D eigenvalue weighted by molar-refractivity contribution is 0.309. The van der Waals surface area contributed by atoms with Crippen molar-refractivity contribution in [2.45, 2.75) is 44.0 Å². The molecule has 1 aliphatic rings. The van der Waals surface area contributed by atoms with Crippen molar-refractivity contribution in [1.82, 2.24) is 43.4 Å². The van der Waals surface area contributed by atoms with E-state index in [2.05, 4.69) is 20.3 Å². The Morgan fingerprint density at radius 2 is 1.94 bits per heavy atom. The number of hydrogen-bond acceptors (Lipinski definition) is 7. The molecule has 12 heteroatoms. The third-order valence-electron chi connectivity index (χ3n) is 6.51. The van der Waals surface area contributed by atoms with Crippen LogP contribution in [0.2, 0.25) is 0 Å². The van der Waals surface area contributed by atoms with Gasteiger partial charge < -0.3 is 0 Å². The predicted molar refractivity (Wildman–Crippen MR) is 129 cm³/mol. The maximum absolute atomic E-state index is 13.4. The molecule has 0 amide bonds. The number of hydrogen-bond donors (Lipinski definition) is 0. The van der Waals surface area contributed by atoms with Gasteiger partial charge in [0, 0.05) is 31.7 Å². The van der Waals surface area contributed by atoms with E-state index in [-0.39, 0.29) is 10.8 Å². The minimum absolute atomic E-state index is 0.112. The number of nitrogens with zero attached hydrogens (tertiary/aromatic N) is 9. The van der Waals surface area contributed by atoms with E-state index in [0.717, 1.165) is 23.9 Å². The van der Waals surface area contributed by atoms with Gasteiger partial charge in [0.2, 0.25) is 10.0 Å². The highest BCUT2D eigenvalue weighted by molar-refractivity contribution is 7.89. The second kappa shape index (κ2) is 8.24. The van der Waals surface area contributed by atoms with Gasteiger partial charge in [0.1, 0.15) is 11.2 Å². The zero-order valence-corrected chi connectivity index (χ0v) is 20.3. The summed E-state index contributed by atoms with van der Waals surface area (Å²) >= 11 is 0. The number of fused-ring (bicyclic) bond motifs is 3. The SMILES string of the molecule is CCn1cc(S(=O)(=O)N2CCC[C@@H](c3nc4c5cnn(-c6ccccc6)c5ncn4n3)C2)c(C)n1. The summed E-state index contributed by atoms with van der Waals surface area (Å²) in [6.07, 6.45) is 6.55. The number of rotatable bonds is 5. The van der Waals surface area contributed by atoms with Crippen molar-refractivity contribution in [3.8, 4) is 5.69 Å². The van der Waals surface area contributed by atoms with Gasteiger partial charge in [0.15, 0.2) is 17.1 Å². The molecule has 1 aromatic carbocycles. The highest BCUT2D eigenvalue weighted by atomic mass is 32.2. The smallest absolute Gasteiger partial charge is 0.246 e. The third-order valence-corrected chi connectivity index (χ3v) is 8.48. The van der Waals surface area contributed by atoms with Gasteiger partial charge in [0.05, 0.1) is 23.0 Å². The van der Waals surface area contributed by atoms with Gasteiger partial charge in [-0.15, -0.1) is 5.10 Å². The molecule has 0 radical (unpaired) electrons. The predicted octanol–water partition coefficient (Wildman–Crippen LogP) is 2.56. The van der Waals surface area contributed by atoms with Crippen molar-refractivity contribution in [2.75, 3.05) is 13.1 Å². The summed E-state index contributed by atoms with van der Waals surface area (Å²) in [6, 6.07) is 9.80. The summed E-state index contributed by atoms with van der Waals surface area (Å²) in [6.45, 7) is 5.09. The van der Waals surface area contributed by atoms with Crippen molar-refractivity contribution in [1.29, 1.82) is 0 Å². The van der Waals surface area contributed by atoms with E-state index < -0.39 is 10.0 Å². The molecule has 1 saturated heterocycles. The molecule has 0 unspecified atom stereocenters. The van der Waals surface area contributed by atoms with Crippen LogP contribution in [-0.4, -0.2) is 65.0 Å². The van der Waals surface area contributed by atoms with E-state index in [1.54, 1.807) is 39.5 Å². The normalized spacial score (nSPS) is 17.5. The van der Waals surface area contributed by atoms with Gasteiger partial charge in [-0.3, -0.25) is 4.68 Å². The first-order chi connectivity index (χ1) is 17.0. The Morgan fingerprint density at radius 1 is 1.11 bits per heavy atom. The standard InChI is InChI=1S/C23H25N9O2S/c1-3-29-14-20(16(2)27-29)35(33,34)30-11-7-8-17(13-30)21-26-23-19-12-25-32(18-9-5-4-6-10-18)22(19)24-15-31(23)28-21/h4-6,9-10,12,14-15,17H,3,7-8,11,13H2,1-2H3/t17-/m1/s1. The Bertz CT molecular complexity index is 1640. The lowest BCUT2D eigenvalue weighted by Gasteiger charge is -2.30. The monoisotopic (exact) mass is 491 g/mol. The van der Waals surface area contributed by atoms with Crippen LogP contribution in [0.5, 0.6) is 0 Å². The number of para-hydroxylation sites is 1. The summed E-state index contributed by atoms with van der Waals surface area (Å²) in [5, 5.41) is 14.3. The number of piperidine rings is 1. The molecule has 1 atom stereocenters. The molecule has 5 aromatic rings. The summed E-state index contributed by atoms with van der Waals surface area (Å²) in [5.41, 5.74) is 2.78. The first-order valence-electron chi connectivity index (χ1n) is 11.6. The Morgan fingerprint density at radius 3 is 2.71 bits per heavy atom. The zero-order valence-electron chi connectivity index (χ0n) is 19.5. The second-order valence-electron chi connectivity index (χ2n) is 8.75. The maximum Gasteiger partial charge on any atom is 0.246 e. The fraction of sp³-hybridized carbons (Fsp3) is 0.348. The van der Waals surface area contributed by atoms with Gasteiger partial charge in [-0.2, -0.15) is 14.5 Å². The van der Waals surface area contributed by atoms with Crippen molar-refractivity contribution in [2.24, 2.45) is 0 Å². The largest absolute Gasteiger partial charge is 0.271 e. The fourth-order valence-corrected chi connectivity index (χ4v) is 6.39. The number of sulfonamides is 1. The lowest BCUT2D eigenvalue weighted by atomic mass is 9.99. The van der Waals surface area contributed by atoms with Crippen molar-refractivity contribution in [3.63, 3.8) is 0 Å². The Kier molecular flexibility index (Phi) is 5.15. The Labute approximate surface area is 202 Å². The van der Waals surface area contributed by atoms with Crippen molar-refractivity contribution < 1.29 is 8.42 Å². The Hall–Kier alpha value is -3.64. The van der Waals surface area contributed by atoms with Gasteiger partial charge >= 0.3 is 0 Å².